The van der Waals surface area contributed by atoms with Crippen LogP contribution in [0.4, 0.5) is 0 Å². The van der Waals surface area contributed by atoms with Crippen LogP contribution in [0.25, 0.3) is 10.1 Å². The molecule has 0 fully saturated rings. The predicted molar refractivity (Wildman–Crippen MR) is 80.1 cm³/mol. The first-order valence-corrected chi connectivity index (χ1v) is 6.80. The van der Waals surface area contributed by atoms with Crippen molar-refractivity contribution in [2.45, 2.75) is 5.60 Å². The largest absolute Gasteiger partial charge is 0.369 e. The molecule has 0 saturated carbocycles. The minimum atomic E-state index is -1.36. The summed E-state index contributed by atoms with van der Waals surface area (Å²) >= 11 is 1.53. The summed E-state index contributed by atoms with van der Waals surface area (Å²) < 4.78 is 1.13. The highest BCUT2D eigenvalue weighted by atomic mass is 32.1. The second kappa shape index (κ2) is 4.55. The fourth-order valence-electron chi connectivity index (χ4n) is 2.14. The van der Waals surface area contributed by atoms with Crippen LogP contribution in [-0.4, -0.2) is 5.11 Å². The van der Waals surface area contributed by atoms with Gasteiger partial charge in [0.05, 0.1) is 4.88 Å². The molecule has 1 aromatic heterocycles. The van der Waals surface area contributed by atoms with Crippen LogP contribution in [0.15, 0.2) is 60.7 Å². The summed E-state index contributed by atoms with van der Waals surface area (Å²) in [7, 11) is 0. The number of rotatable bonds is 2. The molecule has 0 aliphatic heterocycles. The molecule has 0 spiro atoms. The molecule has 0 aliphatic rings. The zero-order valence-electron chi connectivity index (χ0n) is 10.2. The van der Waals surface area contributed by atoms with Crippen molar-refractivity contribution in [1.82, 2.24) is 0 Å². The summed E-state index contributed by atoms with van der Waals surface area (Å²) in [5.41, 5.74) is -0.630. The molecule has 19 heavy (non-hydrogen) atoms. The van der Waals surface area contributed by atoms with Crippen LogP contribution >= 0.6 is 11.3 Å². The molecule has 2 aromatic carbocycles. The van der Waals surface area contributed by atoms with Crippen LogP contribution in [0.2, 0.25) is 0 Å². The SMILES string of the molecule is C#CC(O)(c1ccccc1)c1cc2ccccc2s1. The van der Waals surface area contributed by atoms with E-state index >= 15 is 0 Å². The van der Waals surface area contributed by atoms with Gasteiger partial charge >= 0.3 is 0 Å². The molecule has 0 aliphatic carbocycles. The zero-order valence-corrected chi connectivity index (χ0v) is 11.0. The van der Waals surface area contributed by atoms with Crippen molar-refractivity contribution in [1.29, 1.82) is 0 Å². The quantitative estimate of drug-likeness (QED) is 0.699. The van der Waals surface area contributed by atoms with Gasteiger partial charge in [-0.15, -0.1) is 17.8 Å². The Morgan fingerprint density at radius 3 is 2.37 bits per heavy atom. The van der Waals surface area contributed by atoms with E-state index in [1.807, 2.05) is 60.7 Å². The Kier molecular flexibility index (Phi) is 2.87. The Bertz CT molecular complexity index is 719. The molecular weight excluding hydrogens is 252 g/mol. The van der Waals surface area contributed by atoms with Gasteiger partial charge in [0, 0.05) is 10.3 Å². The first-order valence-electron chi connectivity index (χ1n) is 5.99. The summed E-state index contributed by atoms with van der Waals surface area (Å²) in [6, 6.07) is 19.4. The Morgan fingerprint density at radius 2 is 1.68 bits per heavy atom. The summed E-state index contributed by atoms with van der Waals surface area (Å²) in [6.45, 7) is 0. The van der Waals surface area contributed by atoms with Crippen LogP contribution in [0, 0.1) is 12.3 Å². The van der Waals surface area contributed by atoms with E-state index in [1.54, 1.807) is 0 Å². The molecule has 92 valence electrons. The van der Waals surface area contributed by atoms with Crippen LogP contribution in [0.3, 0.4) is 0 Å². The summed E-state index contributed by atoms with van der Waals surface area (Å²) in [5, 5.41) is 11.9. The summed E-state index contributed by atoms with van der Waals surface area (Å²) in [5.74, 6) is 2.54. The van der Waals surface area contributed by atoms with Crippen LogP contribution in [0.1, 0.15) is 10.4 Å². The van der Waals surface area contributed by atoms with E-state index in [2.05, 4.69) is 5.92 Å². The topological polar surface area (TPSA) is 20.2 Å². The third kappa shape index (κ3) is 1.94. The van der Waals surface area contributed by atoms with Crippen molar-refractivity contribution in [3.8, 4) is 12.3 Å². The van der Waals surface area contributed by atoms with Crippen molar-refractivity contribution >= 4 is 21.4 Å². The molecule has 1 atom stereocenters. The highest BCUT2D eigenvalue weighted by Crippen LogP contribution is 2.37. The number of aliphatic hydroxyl groups is 1. The van der Waals surface area contributed by atoms with Crippen LogP contribution < -0.4 is 0 Å². The molecule has 2 heteroatoms. The minimum Gasteiger partial charge on any atom is -0.369 e. The van der Waals surface area contributed by atoms with Gasteiger partial charge in [0.15, 0.2) is 5.60 Å². The fourth-order valence-corrected chi connectivity index (χ4v) is 3.27. The standard InChI is InChI=1S/C17H12OS/c1-2-17(18,14-9-4-3-5-10-14)16-12-13-8-6-7-11-15(13)19-16/h1,3-12,18H. The lowest BCUT2D eigenvalue weighted by atomic mass is 9.93. The number of hydrogen-bond acceptors (Lipinski definition) is 2. The van der Waals surface area contributed by atoms with E-state index < -0.39 is 5.60 Å². The minimum absolute atomic E-state index is 0.726. The molecule has 0 radical (unpaired) electrons. The highest BCUT2D eigenvalue weighted by molar-refractivity contribution is 7.19. The number of benzene rings is 2. The van der Waals surface area contributed by atoms with Crippen molar-refractivity contribution in [2.75, 3.05) is 0 Å². The fraction of sp³-hybridized carbons (Fsp3) is 0.0588. The predicted octanol–water partition coefficient (Wildman–Crippen LogP) is 3.77. The second-order valence-corrected chi connectivity index (χ2v) is 5.45. The first-order chi connectivity index (χ1) is 9.24. The van der Waals surface area contributed by atoms with Gasteiger partial charge in [-0.2, -0.15) is 0 Å². The van der Waals surface area contributed by atoms with E-state index in [0.717, 1.165) is 20.5 Å². The smallest absolute Gasteiger partial charge is 0.185 e. The maximum absolute atomic E-state index is 10.8. The Balaban J connectivity index is 2.20. The van der Waals surface area contributed by atoms with Crippen molar-refractivity contribution in [3.05, 3.63) is 71.1 Å². The molecule has 0 amide bonds. The van der Waals surface area contributed by atoms with E-state index in [1.165, 1.54) is 11.3 Å². The molecule has 0 bridgehead atoms. The lowest BCUT2D eigenvalue weighted by Crippen LogP contribution is -2.23. The highest BCUT2D eigenvalue weighted by Gasteiger charge is 2.30. The Hall–Kier alpha value is -2.08. The number of terminal acetylenes is 1. The average Bonchev–Trinajstić information content (AvgIpc) is 2.92. The zero-order chi connectivity index (χ0) is 13.3. The van der Waals surface area contributed by atoms with Crippen molar-refractivity contribution in [3.63, 3.8) is 0 Å². The molecule has 3 rings (SSSR count). The molecule has 1 unspecified atom stereocenters. The van der Waals surface area contributed by atoms with Crippen LogP contribution in [-0.2, 0) is 5.60 Å². The van der Waals surface area contributed by atoms with Gasteiger partial charge in [0.1, 0.15) is 0 Å². The van der Waals surface area contributed by atoms with Gasteiger partial charge < -0.3 is 5.11 Å². The molecule has 1 heterocycles. The van der Waals surface area contributed by atoms with Gasteiger partial charge in [0.25, 0.3) is 0 Å². The molecule has 1 N–H and O–H groups in total. The lowest BCUT2D eigenvalue weighted by Gasteiger charge is -2.21. The van der Waals surface area contributed by atoms with Crippen LogP contribution in [0.5, 0.6) is 0 Å². The van der Waals surface area contributed by atoms with Crippen molar-refractivity contribution in [2.24, 2.45) is 0 Å². The molecule has 3 aromatic rings. The van der Waals surface area contributed by atoms with Gasteiger partial charge in [0.2, 0.25) is 0 Å². The Labute approximate surface area is 116 Å². The normalized spacial score (nSPS) is 13.9. The van der Waals surface area contributed by atoms with Gasteiger partial charge in [-0.3, -0.25) is 0 Å². The third-order valence-corrected chi connectivity index (χ3v) is 4.41. The maximum atomic E-state index is 10.8. The monoisotopic (exact) mass is 264 g/mol. The first kappa shape index (κ1) is 12.0. The summed E-state index contributed by atoms with van der Waals surface area (Å²) in [4.78, 5) is 0.780. The molecule has 0 saturated heterocycles. The number of thiophene rings is 1. The number of hydrogen-bond donors (Lipinski definition) is 1. The maximum Gasteiger partial charge on any atom is 0.185 e. The van der Waals surface area contributed by atoms with Gasteiger partial charge in [-0.1, -0.05) is 54.5 Å². The van der Waals surface area contributed by atoms with Gasteiger partial charge in [-0.05, 0) is 17.5 Å². The Morgan fingerprint density at radius 1 is 1.00 bits per heavy atom. The molecular formula is C17H12OS. The number of fused-ring (bicyclic) bond motifs is 1. The van der Waals surface area contributed by atoms with E-state index in [-0.39, 0.29) is 0 Å². The van der Waals surface area contributed by atoms with E-state index in [0.29, 0.717) is 0 Å². The van der Waals surface area contributed by atoms with E-state index in [4.69, 9.17) is 6.42 Å². The van der Waals surface area contributed by atoms with E-state index in [9.17, 15) is 5.11 Å². The third-order valence-electron chi connectivity index (χ3n) is 3.18. The molecule has 1 nitrogen and oxygen atoms in total. The van der Waals surface area contributed by atoms with Gasteiger partial charge in [-0.25, -0.2) is 0 Å². The van der Waals surface area contributed by atoms with Crippen molar-refractivity contribution < 1.29 is 5.11 Å². The second-order valence-electron chi connectivity index (χ2n) is 4.37. The average molecular weight is 264 g/mol. The summed E-state index contributed by atoms with van der Waals surface area (Å²) in [6.07, 6.45) is 5.60. The lowest BCUT2D eigenvalue weighted by molar-refractivity contribution is 0.149.